The fourth-order valence-corrected chi connectivity index (χ4v) is 6.11. The first-order chi connectivity index (χ1) is 21.8. The summed E-state index contributed by atoms with van der Waals surface area (Å²) < 4.78 is 0.803. The van der Waals surface area contributed by atoms with Gasteiger partial charge in [0.25, 0.3) is 0 Å². The molecule has 0 unspecified atom stereocenters. The lowest BCUT2D eigenvalue weighted by Crippen LogP contribution is -3.00. The lowest BCUT2D eigenvalue weighted by molar-refractivity contribution is -0.870. The number of Topliss-reactive ketones (excluding diaryl/α,β-unsaturated/α-hetero) is 2. The number of carbonyl (C=O) groups excluding carboxylic acids is 2. The van der Waals surface area contributed by atoms with Crippen LogP contribution >= 0.6 is 0 Å². The molecule has 0 radical (unpaired) electrons. The van der Waals surface area contributed by atoms with Crippen LogP contribution in [0.1, 0.15) is 200 Å². The quantitative estimate of drug-likeness (QED) is 0.0284. The van der Waals surface area contributed by atoms with E-state index in [0.29, 0.717) is 19.3 Å². The van der Waals surface area contributed by atoms with E-state index in [1.807, 2.05) is 0 Å². The summed E-state index contributed by atoms with van der Waals surface area (Å²) in [6.07, 6.45) is 44.1. The van der Waals surface area contributed by atoms with Crippen LogP contribution in [0, 0.1) is 5.92 Å². The molecule has 3 nitrogen and oxygen atoms in total. The molecule has 272 valence electrons. The van der Waals surface area contributed by atoms with Crippen LogP contribution < -0.4 is 17.0 Å². The molecule has 0 aliphatic heterocycles. The van der Waals surface area contributed by atoms with Crippen molar-refractivity contribution in [3.63, 3.8) is 0 Å². The van der Waals surface area contributed by atoms with Crippen LogP contribution in [-0.4, -0.2) is 43.7 Å². The predicted octanol–water partition coefficient (Wildman–Crippen LogP) is 9.92. The van der Waals surface area contributed by atoms with Crippen LogP contribution in [0.4, 0.5) is 0 Å². The van der Waals surface area contributed by atoms with Crippen molar-refractivity contribution in [3.8, 4) is 0 Å². The summed E-state index contributed by atoms with van der Waals surface area (Å²) in [5.41, 5.74) is 0. The zero-order valence-electron chi connectivity index (χ0n) is 31.7. The molecule has 0 amide bonds. The molecule has 0 aromatic heterocycles. The predicted molar refractivity (Wildman–Crippen MR) is 200 cm³/mol. The maximum atomic E-state index is 13.2. The minimum atomic E-state index is -0.379. The third-order valence-corrected chi connectivity index (χ3v) is 9.24. The average Bonchev–Trinajstić information content (AvgIpc) is 3.00. The van der Waals surface area contributed by atoms with Gasteiger partial charge in [-0.3, -0.25) is 9.59 Å². The van der Waals surface area contributed by atoms with Crippen molar-refractivity contribution in [2.75, 3.05) is 27.7 Å². The van der Waals surface area contributed by atoms with E-state index >= 15 is 0 Å². The number of hydrogen-bond acceptors (Lipinski definition) is 2. The number of allylic oxidation sites excluding steroid dienone is 4. The monoisotopic (exact) mass is 710 g/mol. The fourth-order valence-electron chi connectivity index (χ4n) is 6.11. The normalized spacial score (nSPS) is 12.6. The van der Waals surface area contributed by atoms with Gasteiger partial charge in [-0.05, 0) is 64.2 Å². The van der Waals surface area contributed by atoms with Crippen LogP contribution in [0.25, 0.3) is 0 Å². The topological polar surface area (TPSA) is 34.1 Å². The van der Waals surface area contributed by atoms with Gasteiger partial charge in [-0.25, -0.2) is 0 Å². The van der Waals surface area contributed by atoms with Crippen LogP contribution in [0.15, 0.2) is 24.3 Å². The Kier molecular flexibility index (Phi) is 36.6. The highest BCUT2D eigenvalue weighted by molar-refractivity contribution is 6.02. The number of hydrogen-bond donors (Lipinski definition) is 0. The summed E-state index contributed by atoms with van der Waals surface area (Å²) in [6.45, 7) is 5.42. The van der Waals surface area contributed by atoms with E-state index in [9.17, 15) is 9.59 Å². The summed E-state index contributed by atoms with van der Waals surface area (Å²) in [5.74, 6) is 0.0357. The van der Waals surface area contributed by atoms with Crippen LogP contribution in [-0.2, 0) is 9.59 Å². The molecular weight excluding hydrogens is 630 g/mol. The van der Waals surface area contributed by atoms with Crippen LogP contribution in [0.3, 0.4) is 0 Å². The van der Waals surface area contributed by atoms with Crippen molar-refractivity contribution in [1.29, 1.82) is 0 Å². The summed E-state index contributed by atoms with van der Waals surface area (Å²) in [7, 11) is 6.46. The molecular formula is C42H80BrNO2. The number of carbonyl (C=O) groups is 2. The first-order valence-electron chi connectivity index (χ1n) is 20.0. The second-order valence-electron chi connectivity index (χ2n) is 15.0. The van der Waals surface area contributed by atoms with Gasteiger partial charge in [-0.1, -0.05) is 141 Å². The molecule has 0 aromatic carbocycles. The van der Waals surface area contributed by atoms with Crippen molar-refractivity contribution in [1.82, 2.24) is 0 Å². The standard InChI is InChI=1S/C42H80NO2.BrH/c1-6-8-10-12-14-16-18-20-22-24-26-28-30-32-34-36-41(44)40(38-39-43(3,4)5)42(45)37-35-33-31-29-27-25-23-21-19-17-15-13-11-9-7-2;/h20-23,40H,6-19,24-39H2,1-5H3;1H/q+1;/p-1. The van der Waals surface area contributed by atoms with Gasteiger partial charge in [0, 0.05) is 19.3 Å². The molecule has 0 heterocycles. The number of quaternary nitrogens is 1. The minimum Gasteiger partial charge on any atom is -1.00 e. The molecule has 0 aliphatic carbocycles. The SMILES string of the molecule is CCCCCCCCC=CCCCCCCCC(=O)C(CC[N+](C)(C)C)C(=O)CCCCCCCC=CCCCCCCCC.[Br-]. The average molecular weight is 711 g/mol. The third-order valence-electron chi connectivity index (χ3n) is 9.24. The molecule has 0 N–H and O–H groups in total. The van der Waals surface area contributed by atoms with Gasteiger partial charge in [0.2, 0.25) is 0 Å². The Hall–Kier alpha value is -0.740. The third kappa shape index (κ3) is 34.6. The van der Waals surface area contributed by atoms with Gasteiger partial charge in [0.1, 0.15) is 11.6 Å². The molecule has 0 atom stereocenters. The van der Waals surface area contributed by atoms with Crippen molar-refractivity contribution < 1.29 is 31.1 Å². The second-order valence-corrected chi connectivity index (χ2v) is 15.0. The van der Waals surface area contributed by atoms with Crippen molar-refractivity contribution in [2.45, 2.75) is 200 Å². The Morgan fingerprint density at radius 3 is 1.04 bits per heavy atom. The number of unbranched alkanes of at least 4 members (excludes halogenated alkanes) is 22. The molecule has 0 saturated carbocycles. The second kappa shape index (κ2) is 35.6. The van der Waals surface area contributed by atoms with E-state index in [2.05, 4.69) is 59.3 Å². The molecule has 0 aromatic rings. The highest BCUT2D eigenvalue weighted by Crippen LogP contribution is 2.19. The van der Waals surface area contributed by atoms with Gasteiger partial charge < -0.3 is 21.5 Å². The molecule has 46 heavy (non-hydrogen) atoms. The van der Waals surface area contributed by atoms with E-state index < -0.39 is 0 Å². The van der Waals surface area contributed by atoms with Crippen LogP contribution in [0.5, 0.6) is 0 Å². The van der Waals surface area contributed by atoms with Gasteiger partial charge in [-0.15, -0.1) is 0 Å². The zero-order valence-corrected chi connectivity index (χ0v) is 33.3. The maximum absolute atomic E-state index is 13.2. The van der Waals surface area contributed by atoms with E-state index in [-0.39, 0.29) is 34.5 Å². The Morgan fingerprint density at radius 2 is 0.739 bits per heavy atom. The largest absolute Gasteiger partial charge is 1.00 e. The van der Waals surface area contributed by atoms with E-state index in [1.165, 1.54) is 141 Å². The summed E-state index contributed by atoms with van der Waals surface area (Å²) in [6, 6.07) is 0. The number of nitrogens with zero attached hydrogens (tertiary/aromatic N) is 1. The smallest absolute Gasteiger partial charge is 0.143 e. The highest BCUT2D eigenvalue weighted by atomic mass is 79.9. The lowest BCUT2D eigenvalue weighted by Gasteiger charge is -2.26. The summed E-state index contributed by atoms with van der Waals surface area (Å²) in [4.78, 5) is 26.3. The Morgan fingerprint density at radius 1 is 0.457 bits per heavy atom. The van der Waals surface area contributed by atoms with Crippen LogP contribution in [0.2, 0.25) is 0 Å². The zero-order chi connectivity index (χ0) is 33.3. The van der Waals surface area contributed by atoms with Gasteiger partial charge in [-0.2, -0.15) is 0 Å². The number of rotatable bonds is 35. The van der Waals surface area contributed by atoms with Gasteiger partial charge in [0.05, 0.1) is 33.6 Å². The molecule has 0 bridgehead atoms. The van der Waals surface area contributed by atoms with Crippen molar-refractivity contribution >= 4 is 11.6 Å². The molecule has 0 spiro atoms. The summed E-state index contributed by atoms with van der Waals surface area (Å²) >= 11 is 0. The molecule has 4 heteroatoms. The number of halogens is 1. The Bertz CT molecular complexity index is 672. The Balaban J connectivity index is 0. The number of ketones is 2. The van der Waals surface area contributed by atoms with Gasteiger partial charge >= 0.3 is 0 Å². The first kappa shape index (κ1) is 47.4. The lowest BCUT2D eigenvalue weighted by atomic mass is 9.88. The van der Waals surface area contributed by atoms with Crippen molar-refractivity contribution in [2.24, 2.45) is 5.92 Å². The molecule has 0 aliphatic rings. The molecule has 0 rings (SSSR count). The van der Waals surface area contributed by atoms with Gasteiger partial charge in [0.15, 0.2) is 0 Å². The maximum Gasteiger partial charge on any atom is 0.143 e. The van der Waals surface area contributed by atoms with E-state index in [1.54, 1.807) is 0 Å². The summed E-state index contributed by atoms with van der Waals surface area (Å²) in [5, 5.41) is 0. The highest BCUT2D eigenvalue weighted by Gasteiger charge is 2.27. The van der Waals surface area contributed by atoms with E-state index in [4.69, 9.17) is 0 Å². The van der Waals surface area contributed by atoms with Crippen molar-refractivity contribution in [3.05, 3.63) is 24.3 Å². The Labute approximate surface area is 299 Å². The van der Waals surface area contributed by atoms with E-state index in [0.717, 1.165) is 36.7 Å². The fraction of sp³-hybridized carbons (Fsp3) is 0.857. The molecule has 0 fully saturated rings. The molecule has 0 saturated heterocycles. The minimum absolute atomic E-state index is 0. The first-order valence-corrected chi connectivity index (χ1v) is 20.0.